The lowest BCUT2D eigenvalue weighted by atomic mass is 10.1. The monoisotopic (exact) mass is 298 g/mol. The first kappa shape index (κ1) is 15.3. The number of aliphatic hydroxyl groups excluding tert-OH is 1. The normalized spacial score (nSPS) is 23.1. The van der Waals surface area contributed by atoms with E-state index in [9.17, 15) is 13.5 Å². The van der Waals surface area contributed by atoms with Gasteiger partial charge in [0.2, 0.25) is 10.0 Å². The molecule has 0 saturated heterocycles. The summed E-state index contributed by atoms with van der Waals surface area (Å²) >= 11 is 0. The standard InChI is InChI=1S/C14H22N2O3S/c1-9-5-12(15)7-14(10(9)2)20(18,19)16-8-11-3-4-13(17)6-11/h5,7,11,13,16-17H,3-4,6,8,15H2,1-2H3. The maximum absolute atomic E-state index is 12.4. The van der Waals surface area contributed by atoms with Crippen LogP contribution in [0.5, 0.6) is 0 Å². The Bertz CT molecular complexity index is 599. The van der Waals surface area contributed by atoms with Gasteiger partial charge in [-0.2, -0.15) is 0 Å². The van der Waals surface area contributed by atoms with Crippen LogP contribution in [0.4, 0.5) is 5.69 Å². The van der Waals surface area contributed by atoms with E-state index in [1.54, 1.807) is 13.0 Å². The molecule has 0 heterocycles. The number of nitrogens with two attached hydrogens (primary N) is 1. The molecule has 0 spiro atoms. The first-order chi connectivity index (χ1) is 9.29. The summed E-state index contributed by atoms with van der Waals surface area (Å²) in [6.45, 7) is 3.99. The minimum atomic E-state index is -3.55. The number of hydrogen-bond acceptors (Lipinski definition) is 4. The molecule has 6 heteroatoms. The van der Waals surface area contributed by atoms with Crippen LogP contribution in [-0.2, 0) is 10.0 Å². The van der Waals surface area contributed by atoms with E-state index in [0.29, 0.717) is 18.7 Å². The lowest BCUT2D eigenvalue weighted by Gasteiger charge is -2.14. The van der Waals surface area contributed by atoms with Crippen molar-refractivity contribution in [1.82, 2.24) is 4.72 Å². The van der Waals surface area contributed by atoms with Gasteiger partial charge < -0.3 is 10.8 Å². The van der Waals surface area contributed by atoms with Crippen LogP contribution in [0, 0.1) is 19.8 Å². The molecule has 4 N–H and O–H groups in total. The summed E-state index contributed by atoms with van der Waals surface area (Å²) in [6, 6.07) is 3.26. The van der Waals surface area contributed by atoms with Crippen LogP contribution in [0.2, 0.25) is 0 Å². The van der Waals surface area contributed by atoms with Crippen molar-refractivity contribution in [1.29, 1.82) is 0 Å². The molecule has 1 aliphatic carbocycles. The molecule has 5 nitrogen and oxygen atoms in total. The predicted molar refractivity (Wildman–Crippen MR) is 78.9 cm³/mol. The second-order valence-electron chi connectivity index (χ2n) is 5.65. The Morgan fingerprint density at radius 1 is 1.35 bits per heavy atom. The summed E-state index contributed by atoms with van der Waals surface area (Å²) in [5.74, 6) is 0.210. The molecular formula is C14H22N2O3S. The van der Waals surface area contributed by atoms with Gasteiger partial charge in [-0.05, 0) is 62.3 Å². The van der Waals surface area contributed by atoms with Gasteiger partial charge in [-0.15, -0.1) is 0 Å². The van der Waals surface area contributed by atoms with Crippen LogP contribution in [0.25, 0.3) is 0 Å². The van der Waals surface area contributed by atoms with E-state index in [1.165, 1.54) is 6.07 Å². The largest absolute Gasteiger partial charge is 0.399 e. The van der Waals surface area contributed by atoms with Crippen molar-refractivity contribution in [3.63, 3.8) is 0 Å². The Labute approximate surface area is 120 Å². The second kappa shape index (κ2) is 5.71. The van der Waals surface area contributed by atoms with Crippen LogP contribution in [0.1, 0.15) is 30.4 Å². The number of aryl methyl sites for hydroxylation is 1. The lowest BCUT2D eigenvalue weighted by molar-refractivity contribution is 0.178. The third-order valence-electron chi connectivity index (χ3n) is 4.01. The highest BCUT2D eigenvalue weighted by Gasteiger charge is 2.25. The zero-order valence-electron chi connectivity index (χ0n) is 11.9. The maximum Gasteiger partial charge on any atom is 0.240 e. The Morgan fingerprint density at radius 2 is 2.05 bits per heavy atom. The topological polar surface area (TPSA) is 92.4 Å². The highest BCUT2D eigenvalue weighted by Crippen LogP contribution is 2.26. The average Bonchev–Trinajstić information content (AvgIpc) is 2.77. The molecule has 1 aromatic carbocycles. The molecule has 1 aliphatic rings. The third-order valence-corrected chi connectivity index (χ3v) is 5.56. The molecule has 0 aromatic heterocycles. The Kier molecular flexibility index (Phi) is 4.36. The fraction of sp³-hybridized carbons (Fsp3) is 0.571. The van der Waals surface area contributed by atoms with Gasteiger partial charge >= 0.3 is 0 Å². The van der Waals surface area contributed by atoms with Crippen molar-refractivity contribution in [2.75, 3.05) is 12.3 Å². The fourth-order valence-corrected chi connectivity index (χ4v) is 4.14. The molecule has 1 saturated carbocycles. The Balaban J connectivity index is 2.14. The van der Waals surface area contributed by atoms with Gasteiger partial charge in [-0.1, -0.05) is 0 Å². The van der Waals surface area contributed by atoms with Crippen LogP contribution >= 0.6 is 0 Å². The fourth-order valence-electron chi connectivity index (χ4n) is 2.67. The number of nitrogens with one attached hydrogen (secondary N) is 1. The van der Waals surface area contributed by atoms with Crippen molar-refractivity contribution < 1.29 is 13.5 Å². The quantitative estimate of drug-likeness (QED) is 0.731. The number of hydrogen-bond donors (Lipinski definition) is 3. The molecule has 20 heavy (non-hydrogen) atoms. The number of anilines is 1. The van der Waals surface area contributed by atoms with Gasteiger partial charge in [0.15, 0.2) is 0 Å². The van der Waals surface area contributed by atoms with Crippen LogP contribution < -0.4 is 10.5 Å². The molecule has 0 aliphatic heterocycles. The van der Waals surface area contributed by atoms with Crippen molar-refractivity contribution in [2.45, 2.75) is 44.1 Å². The zero-order chi connectivity index (χ0) is 14.9. The Hall–Kier alpha value is -1.11. The third kappa shape index (κ3) is 3.31. The van der Waals surface area contributed by atoms with Gasteiger partial charge in [-0.3, -0.25) is 0 Å². The zero-order valence-corrected chi connectivity index (χ0v) is 12.7. The molecule has 0 bridgehead atoms. The average molecular weight is 298 g/mol. The second-order valence-corrected chi connectivity index (χ2v) is 7.38. The minimum Gasteiger partial charge on any atom is -0.399 e. The van der Waals surface area contributed by atoms with Crippen LogP contribution in [-0.4, -0.2) is 26.2 Å². The first-order valence-electron chi connectivity index (χ1n) is 6.84. The predicted octanol–water partition coefficient (Wildman–Crippen LogP) is 1.32. The van der Waals surface area contributed by atoms with Gasteiger partial charge in [0, 0.05) is 12.2 Å². The summed E-state index contributed by atoms with van der Waals surface area (Å²) in [7, 11) is -3.55. The summed E-state index contributed by atoms with van der Waals surface area (Å²) < 4.78 is 27.4. The molecule has 2 atom stereocenters. The van der Waals surface area contributed by atoms with Gasteiger partial charge in [0.05, 0.1) is 11.0 Å². The summed E-state index contributed by atoms with van der Waals surface area (Å²) in [4.78, 5) is 0.244. The summed E-state index contributed by atoms with van der Waals surface area (Å²) in [5, 5.41) is 9.47. The lowest BCUT2D eigenvalue weighted by Crippen LogP contribution is -2.29. The molecule has 1 fully saturated rings. The maximum atomic E-state index is 12.4. The van der Waals surface area contributed by atoms with Crippen molar-refractivity contribution >= 4 is 15.7 Å². The Morgan fingerprint density at radius 3 is 2.65 bits per heavy atom. The molecular weight excluding hydrogens is 276 g/mol. The number of nitrogen functional groups attached to an aromatic ring is 1. The van der Waals surface area contributed by atoms with E-state index in [4.69, 9.17) is 5.73 Å². The van der Waals surface area contributed by atoms with E-state index >= 15 is 0 Å². The highest BCUT2D eigenvalue weighted by molar-refractivity contribution is 7.89. The van der Waals surface area contributed by atoms with Gasteiger partial charge in [0.25, 0.3) is 0 Å². The minimum absolute atomic E-state index is 0.210. The van der Waals surface area contributed by atoms with Crippen molar-refractivity contribution in [3.8, 4) is 0 Å². The van der Waals surface area contributed by atoms with E-state index in [1.807, 2.05) is 6.92 Å². The van der Waals surface area contributed by atoms with Crippen LogP contribution in [0.3, 0.4) is 0 Å². The summed E-state index contributed by atoms with van der Waals surface area (Å²) in [6.07, 6.45) is 1.99. The van der Waals surface area contributed by atoms with E-state index < -0.39 is 10.0 Å². The van der Waals surface area contributed by atoms with E-state index in [2.05, 4.69) is 4.72 Å². The smallest absolute Gasteiger partial charge is 0.240 e. The molecule has 0 amide bonds. The molecule has 112 valence electrons. The van der Waals surface area contributed by atoms with Crippen LogP contribution in [0.15, 0.2) is 17.0 Å². The highest BCUT2D eigenvalue weighted by atomic mass is 32.2. The van der Waals surface area contributed by atoms with Crippen molar-refractivity contribution in [2.24, 2.45) is 5.92 Å². The van der Waals surface area contributed by atoms with Gasteiger partial charge in [0.1, 0.15) is 0 Å². The molecule has 1 aromatic rings. The molecule has 2 unspecified atom stereocenters. The van der Waals surface area contributed by atoms with E-state index in [0.717, 1.165) is 24.0 Å². The summed E-state index contributed by atoms with van der Waals surface area (Å²) in [5.41, 5.74) is 7.77. The number of rotatable bonds is 4. The van der Waals surface area contributed by atoms with Gasteiger partial charge in [-0.25, -0.2) is 13.1 Å². The SMILES string of the molecule is Cc1cc(N)cc(S(=O)(=O)NCC2CCC(O)C2)c1C. The van der Waals surface area contributed by atoms with E-state index in [-0.39, 0.29) is 16.9 Å². The molecule has 2 rings (SSSR count). The number of benzene rings is 1. The molecule has 0 radical (unpaired) electrons. The number of aliphatic hydroxyl groups is 1. The number of sulfonamides is 1. The first-order valence-corrected chi connectivity index (χ1v) is 8.32. The van der Waals surface area contributed by atoms with Crippen molar-refractivity contribution in [3.05, 3.63) is 23.3 Å².